The second kappa shape index (κ2) is 25.5. The number of unbranched alkanes of at least 4 members (excludes halogenated alkanes) is 4. The first-order valence-corrected chi connectivity index (χ1v) is 30.7. The van der Waals surface area contributed by atoms with Gasteiger partial charge in [-0.3, -0.25) is 0 Å². The summed E-state index contributed by atoms with van der Waals surface area (Å²) >= 11 is -0.826. The molecule has 0 saturated carbocycles. The molecule has 4 heteroatoms. The van der Waals surface area contributed by atoms with E-state index >= 15 is 0 Å². The molecule has 0 bridgehead atoms. The summed E-state index contributed by atoms with van der Waals surface area (Å²) in [6.07, 6.45) is 10.0. The van der Waals surface area contributed by atoms with Crippen molar-refractivity contribution in [2.45, 2.75) is 106 Å². The van der Waals surface area contributed by atoms with Gasteiger partial charge in [-0.05, 0) is 51.7 Å². The second-order valence-corrected chi connectivity index (χ2v) is 21.4. The van der Waals surface area contributed by atoms with Crippen LogP contribution in [0.1, 0.15) is 85.8 Å². The van der Waals surface area contributed by atoms with Gasteiger partial charge in [-0.25, -0.2) is 0 Å². The Morgan fingerprint density at radius 3 is 0.952 bits per heavy atom. The van der Waals surface area contributed by atoms with E-state index in [1.54, 1.807) is 0 Å². The van der Waals surface area contributed by atoms with Crippen molar-refractivity contribution in [1.82, 2.24) is 0 Å². The first-order valence-electron chi connectivity index (χ1n) is 22.4. The molecule has 8 rings (SSSR count). The van der Waals surface area contributed by atoms with Crippen LogP contribution in [-0.2, 0) is 33.7 Å². The van der Waals surface area contributed by atoms with E-state index in [0.717, 1.165) is 9.52 Å². The van der Waals surface area contributed by atoms with Gasteiger partial charge in [0.25, 0.3) is 0 Å². The van der Waals surface area contributed by atoms with Crippen LogP contribution < -0.4 is 0 Å². The molecule has 318 valence electrons. The zero-order chi connectivity index (χ0) is 44.4. The van der Waals surface area contributed by atoms with Crippen LogP contribution >= 0.6 is 17.0 Å². The number of rotatable bonds is 12. The number of hydrogen-bond acceptors (Lipinski definition) is 0. The zero-order valence-electron chi connectivity index (χ0n) is 38.3. The van der Waals surface area contributed by atoms with E-state index in [-0.39, 0.29) is 0 Å². The minimum atomic E-state index is -0.826. The standard InChI is InChI=1S/2C28H29.C2H6Si.2ClH.Zr/c2*1-4-5-6-7-22-18-27-25(23-12-8-20(2)9-13-23)16-17-26(28(27)19-22)24-14-10-21(3)11-15-24;1-3-2;;;/h2*8-19H,4-7H2,1-3H3;1-2H3;2*1H;/q2*-1;;;;+4/p-2. The van der Waals surface area contributed by atoms with E-state index in [1.807, 2.05) is 0 Å². The Balaban J connectivity index is 0.000000208. The van der Waals surface area contributed by atoms with Gasteiger partial charge in [0.2, 0.25) is 0 Å². The molecule has 0 saturated heterocycles. The van der Waals surface area contributed by atoms with Gasteiger partial charge in [0.1, 0.15) is 0 Å². The Kier molecular flexibility index (Phi) is 20.2. The second-order valence-electron chi connectivity index (χ2n) is 16.7. The number of fused-ring (bicyclic) bond motifs is 2. The topological polar surface area (TPSA) is 0 Å². The Morgan fingerprint density at radius 2 is 0.677 bits per heavy atom. The summed E-state index contributed by atoms with van der Waals surface area (Å²) in [6, 6.07) is 54.6. The van der Waals surface area contributed by atoms with Crippen molar-refractivity contribution in [3.8, 4) is 44.5 Å². The maximum absolute atomic E-state index is 4.93. The van der Waals surface area contributed by atoms with E-state index in [2.05, 4.69) is 200 Å². The van der Waals surface area contributed by atoms with Gasteiger partial charge in [-0.2, -0.15) is 12.1 Å². The van der Waals surface area contributed by atoms with E-state index in [1.165, 1.54) is 151 Å². The summed E-state index contributed by atoms with van der Waals surface area (Å²) in [5, 5.41) is 5.53. The van der Waals surface area contributed by atoms with Crippen molar-refractivity contribution >= 4 is 48.1 Å². The van der Waals surface area contributed by atoms with Gasteiger partial charge in [-0.15, -0.1) is 44.8 Å². The minimum absolute atomic E-state index is 0.826. The molecule has 0 nitrogen and oxygen atoms in total. The first kappa shape index (κ1) is 49.2. The summed E-state index contributed by atoms with van der Waals surface area (Å²) in [6.45, 7) is 17.4. The third-order valence-electron chi connectivity index (χ3n) is 11.5. The third-order valence-corrected chi connectivity index (χ3v) is 11.5. The molecular formula is C58H64Cl2SiZr. The quantitative estimate of drug-likeness (QED) is 0.0650. The summed E-state index contributed by atoms with van der Waals surface area (Å²) in [5.41, 5.74) is 18.7. The van der Waals surface area contributed by atoms with Gasteiger partial charge >= 0.3 is 37.9 Å². The van der Waals surface area contributed by atoms with Gasteiger partial charge in [0.05, 0.1) is 0 Å². The summed E-state index contributed by atoms with van der Waals surface area (Å²) in [4.78, 5) is 0. The van der Waals surface area contributed by atoms with E-state index in [0.29, 0.717) is 0 Å². The third kappa shape index (κ3) is 13.6. The van der Waals surface area contributed by atoms with Crippen molar-refractivity contribution in [2.75, 3.05) is 0 Å². The van der Waals surface area contributed by atoms with E-state index in [4.69, 9.17) is 17.0 Å². The molecule has 0 spiro atoms. The fourth-order valence-electron chi connectivity index (χ4n) is 8.11. The molecule has 0 N–H and O–H groups in total. The molecule has 0 heterocycles. The number of benzene rings is 6. The van der Waals surface area contributed by atoms with Crippen LogP contribution in [0.2, 0.25) is 13.1 Å². The molecule has 0 aliphatic rings. The van der Waals surface area contributed by atoms with Gasteiger partial charge < -0.3 is 0 Å². The van der Waals surface area contributed by atoms with Crippen molar-refractivity contribution < 1.29 is 20.8 Å². The van der Waals surface area contributed by atoms with E-state index < -0.39 is 20.8 Å². The van der Waals surface area contributed by atoms with Crippen molar-refractivity contribution in [2.24, 2.45) is 0 Å². The van der Waals surface area contributed by atoms with Crippen LogP contribution in [0.3, 0.4) is 0 Å². The molecule has 0 aliphatic carbocycles. The van der Waals surface area contributed by atoms with Gasteiger partial charge in [0.15, 0.2) is 0 Å². The molecule has 0 amide bonds. The monoisotopic (exact) mass is 948 g/mol. The molecule has 0 aliphatic heterocycles. The molecule has 0 fully saturated rings. The van der Waals surface area contributed by atoms with Crippen LogP contribution in [-0.4, -0.2) is 9.52 Å². The fourth-order valence-corrected chi connectivity index (χ4v) is 8.11. The van der Waals surface area contributed by atoms with E-state index in [9.17, 15) is 0 Å². The van der Waals surface area contributed by atoms with Crippen LogP contribution in [0, 0.1) is 27.7 Å². The van der Waals surface area contributed by atoms with Gasteiger partial charge in [0, 0.05) is 9.52 Å². The van der Waals surface area contributed by atoms with Gasteiger partial charge in [-0.1, -0.05) is 242 Å². The molecule has 62 heavy (non-hydrogen) atoms. The first-order chi connectivity index (χ1) is 30.1. The molecule has 0 atom stereocenters. The average molecular weight is 951 g/mol. The Hall–Kier alpha value is -3.78. The van der Waals surface area contributed by atoms with Crippen molar-refractivity contribution in [3.05, 3.63) is 179 Å². The number of hydrogen-bond donors (Lipinski definition) is 0. The molecule has 0 aromatic heterocycles. The van der Waals surface area contributed by atoms with Crippen LogP contribution in [0.5, 0.6) is 0 Å². The van der Waals surface area contributed by atoms with Crippen LogP contribution in [0.25, 0.3) is 66.1 Å². The molecular weight excluding hydrogens is 887 g/mol. The maximum atomic E-state index is 4.93. The summed E-state index contributed by atoms with van der Waals surface area (Å²) in [5.74, 6) is 0. The Labute approximate surface area is 395 Å². The van der Waals surface area contributed by atoms with Crippen LogP contribution in [0.4, 0.5) is 0 Å². The van der Waals surface area contributed by atoms with Crippen molar-refractivity contribution in [3.63, 3.8) is 0 Å². The SMILES string of the molecule is CCCCCc1cc2c(-c3ccc(C)cc3)ccc(-c3ccc(C)cc3)c2[cH-]1.CCCCCc1cc2c(-c3ccc(C)cc3)ccc(-c3ccc(C)cc3)c2[cH-]1.C[Si]C.[Cl][Zr+2][Cl]. The molecule has 8 aromatic carbocycles. The molecule has 8 aromatic rings. The number of aryl methyl sites for hydroxylation is 6. The summed E-state index contributed by atoms with van der Waals surface area (Å²) in [7, 11) is 11.0. The Bertz CT molecular complexity index is 2190. The predicted octanol–water partition coefficient (Wildman–Crippen LogP) is 18.6. The molecule has 2 radical (unpaired) electrons. The Morgan fingerprint density at radius 1 is 0.419 bits per heavy atom. The average Bonchev–Trinajstić information content (AvgIpc) is 3.91. The normalized spacial score (nSPS) is 10.6. The zero-order valence-corrected chi connectivity index (χ0v) is 43.2. The fraction of sp³-hybridized carbons (Fsp3) is 0.276. The predicted molar refractivity (Wildman–Crippen MR) is 275 cm³/mol. The van der Waals surface area contributed by atoms with Crippen LogP contribution in [0.15, 0.2) is 146 Å². The molecule has 0 unspecified atom stereocenters. The number of halogens is 2. The van der Waals surface area contributed by atoms with Crippen molar-refractivity contribution in [1.29, 1.82) is 0 Å². The summed E-state index contributed by atoms with van der Waals surface area (Å²) < 4.78 is 0.